The van der Waals surface area contributed by atoms with Crippen LogP contribution in [0.4, 0.5) is 37.7 Å². The number of benzene rings is 4. The number of aromatic nitrogens is 3. The van der Waals surface area contributed by atoms with Gasteiger partial charge >= 0.3 is 6.29 Å². The summed E-state index contributed by atoms with van der Waals surface area (Å²) in [7, 11) is -8.49. The summed E-state index contributed by atoms with van der Waals surface area (Å²) < 4.78 is 143. The number of nitrogens with one attached hydrogen (secondary N) is 4. The Bertz CT molecular complexity index is 2800. The first-order chi connectivity index (χ1) is 24.5. The highest BCUT2D eigenvalue weighted by atomic mass is 35.5. The lowest BCUT2D eigenvalue weighted by Crippen LogP contribution is -2.25. The van der Waals surface area contributed by atoms with Crippen molar-refractivity contribution >= 4 is 75.7 Å². The Hall–Kier alpha value is -5.66. The van der Waals surface area contributed by atoms with Gasteiger partial charge in [0.2, 0.25) is 0 Å². The third kappa shape index (κ3) is 6.48. The smallest absolute Gasteiger partial charge is 0.395 e. The number of nitrogens with zero attached hydrogens (tertiary/aromatic N) is 1. The molecule has 11 nitrogen and oxygen atoms in total. The topological polar surface area (TPSA) is 155 Å². The normalized spacial score (nSPS) is 13.7. The Balaban J connectivity index is 0.000000162. The Labute approximate surface area is 293 Å². The fourth-order valence-electron chi connectivity index (χ4n) is 5.30. The van der Waals surface area contributed by atoms with Crippen molar-refractivity contribution in [3.8, 4) is 11.5 Å². The lowest BCUT2D eigenvalue weighted by atomic mass is 10.1. The van der Waals surface area contributed by atoms with Crippen LogP contribution < -0.4 is 18.9 Å². The second kappa shape index (κ2) is 12.5. The average Bonchev–Trinajstić information content (AvgIpc) is 3.78. The third-order valence-corrected chi connectivity index (χ3v) is 10.6. The number of alkyl halides is 2. The predicted molar refractivity (Wildman–Crippen MR) is 177 cm³/mol. The van der Waals surface area contributed by atoms with E-state index in [9.17, 15) is 43.2 Å². The maximum absolute atomic E-state index is 14.1. The largest absolute Gasteiger partial charge is 0.586 e. The van der Waals surface area contributed by atoms with E-state index in [0.717, 1.165) is 23.0 Å². The quantitative estimate of drug-likeness (QED) is 0.0757. The molecule has 268 valence electrons. The molecule has 52 heavy (non-hydrogen) atoms. The van der Waals surface area contributed by atoms with Crippen molar-refractivity contribution in [2.24, 2.45) is 0 Å². The highest BCUT2D eigenvalue weighted by Gasteiger charge is 2.44. The second-order valence-electron chi connectivity index (χ2n) is 10.9. The molecule has 0 saturated heterocycles. The molecule has 3 aromatic heterocycles. The van der Waals surface area contributed by atoms with E-state index in [2.05, 4.69) is 24.4 Å². The molecule has 8 rings (SSSR count). The molecule has 4 N–H and O–H groups in total. The minimum Gasteiger partial charge on any atom is -0.395 e. The van der Waals surface area contributed by atoms with Crippen LogP contribution >= 0.6 is 11.6 Å². The molecule has 1 aliphatic heterocycles. The van der Waals surface area contributed by atoms with Crippen molar-refractivity contribution in [3.63, 3.8) is 0 Å². The molecule has 0 atom stereocenters. The number of ether oxygens (including phenoxy) is 2. The van der Waals surface area contributed by atoms with Gasteiger partial charge < -0.3 is 19.4 Å². The second-order valence-corrected chi connectivity index (χ2v) is 14.6. The molecule has 0 bridgehead atoms. The maximum Gasteiger partial charge on any atom is 0.586 e. The van der Waals surface area contributed by atoms with Crippen LogP contribution in [0.15, 0.2) is 95.0 Å². The molecule has 0 unspecified atom stereocenters. The zero-order valence-electron chi connectivity index (χ0n) is 25.4. The number of fused-ring (bicyclic) bond motifs is 5. The fourth-order valence-corrected chi connectivity index (χ4v) is 7.90. The molecule has 0 spiro atoms. The molecular weight excluding hydrogens is 764 g/mol. The number of sulfonamides is 2. The monoisotopic (exact) mass is 781 g/mol. The van der Waals surface area contributed by atoms with Crippen LogP contribution in [-0.2, 0) is 20.0 Å². The fraction of sp³-hybridized carbons (Fsp3) is 0.0312. The van der Waals surface area contributed by atoms with E-state index in [4.69, 9.17) is 11.6 Å². The van der Waals surface area contributed by atoms with Crippen LogP contribution in [0.25, 0.3) is 32.7 Å². The summed E-state index contributed by atoms with van der Waals surface area (Å²) in [4.78, 5) is 9.12. The average molecular weight is 782 g/mol. The summed E-state index contributed by atoms with van der Waals surface area (Å²) in [5.74, 6) is -6.12. The van der Waals surface area contributed by atoms with E-state index in [1.54, 1.807) is 12.1 Å². The van der Waals surface area contributed by atoms with Crippen molar-refractivity contribution in [2.45, 2.75) is 16.1 Å². The Morgan fingerprint density at radius 2 is 1.23 bits per heavy atom. The number of hydrogen-bond donors (Lipinski definition) is 4. The number of rotatable bonds is 6. The maximum atomic E-state index is 14.1. The first-order valence-corrected chi connectivity index (χ1v) is 17.8. The predicted octanol–water partition coefficient (Wildman–Crippen LogP) is 8.02. The van der Waals surface area contributed by atoms with Crippen LogP contribution in [0, 0.1) is 23.3 Å². The summed E-state index contributed by atoms with van der Waals surface area (Å²) in [6, 6.07) is 15.7. The number of anilines is 2. The van der Waals surface area contributed by atoms with E-state index < -0.39 is 72.5 Å². The molecule has 0 fully saturated rings. The zero-order chi connectivity index (χ0) is 37.2. The Kier molecular flexibility index (Phi) is 8.38. The lowest BCUT2D eigenvalue weighted by molar-refractivity contribution is -0.286. The van der Waals surface area contributed by atoms with Crippen LogP contribution in [0.2, 0.25) is 5.15 Å². The number of pyridine rings is 1. The van der Waals surface area contributed by atoms with Gasteiger partial charge in [-0.25, -0.2) is 39.4 Å². The molecule has 4 heterocycles. The Morgan fingerprint density at radius 3 is 1.96 bits per heavy atom. The van der Waals surface area contributed by atoms with Gasteiger partial charge in [-0.2, -0.15) is 0 Å². The molecule has 0 radical (unpaired) electrons. The van der Waals surface area contributed by atoms with Gasteiger partial charge in [0.15, 0.2) is 29.0 Å². The van der Waals surface area contributed by atoms with E-state index in [-0.39, 0.29) is 32.0 Å². The van der Waals surface area contributed by atoms with E-state index >= 15 is 0 Å². The molecule has 0 aliphatic carbocycles. The van der Waals surface area contributed by atoms with E-state index in [1.165, 1.54) is 18.3 Å². The first kappa shape index (κ1) is 34.8. The van der Waals surface area contributed by atoms with Gasteiger partial charge in [0, 0.05) is 52.8 Å². The van der Waals surface area contributed by atoms with Crippen molar-refractivity contribution in [1.82, 2.24) is 15.0 Å². The number of H-pyrrole nitrogens is 2. The minimum absolute atomic E-state index is 0.123. The zero-order valence-corrected chi connectivity index (χ0v) is 27.8. The molecule has 0 saturated carbocycles. The summed E-state index contributed by atoms with van der Waals surface area (Å²) in [6.07, 6.45) is -1.53. The third-order valence-electron chi connectivity index (χ3n) is 7.58. The standard InChI is InChI=1S/C18H11F3N2O2S.C14H7ClF3N3O4S/c19-13-7-15(21)16(8-14(13)20)23-26(24,25)17-9-22-18-11-4-2-1-3-10(11)5-6-12(17)18;15-12-2-1-6-11(5-19-13(6)20-12)26(22,23)21-8-4-10-9(3-7(8)16)24-14(17,18)25-10/h1-9,22-23H;1-5,21H,(H,19,20). The van der Waals surface area contributed by atoms with Gasteiger partial charge in [0.1, 0.15) is 26.4 Å². The van der Waals surface area contributed by atoms with Gasteiger partial charge in [-0.05, 0) is 17.5 Å². The van der Waals surface area contributed by atoms with Crippen LogP contribution in [0.3, 0.4) is 0 Å². The van der Waals surface area contributed by atoms with Gasteiger partial charge in [-0.15, -0.1) is 8.78 Å². The summed E-state index contributed by atoms with van der Waals surface area (Å²) in [5.41, 5.74) is -0.432. The molecule has 1 aliphatic rings. The minimum atomic E-state index is -4.27. The number of halogens is 7. The van der Waals surface area contributed by atoms with Crippen molar-refractivity contribution in [2.75, 3.05) is 9.44 Å². The highest BCUT2D eigenvalue weighted by Crippen LogP contribution is 2.44. The van der Waals surface area contributed by atoms with Gasteiger partial charge in [-0.3, -0.25) is 9.44 Å². The molecule has 0 amide bonds. The van der Waals surface area contributed by atoms with Crippen LogP contribution in [0.1, 0.15) is 0 Å². The molecule has 20 heteroatoms. The van der Waals surface area contributed by atoms with Gasteiger partial charge in [0.25, 0.3) is 20.0 Å². The van der Waals surface area contributed by atoms with Crippen LogP contribution in [0.5, 0.6) is 11.5 Å². The van der Waals surface area contributed by atoms with E-state index in [0.29, 0.717) is 23.0 Å². The van der Waals surface area contributed by atoms with E-state index in [1.807, 2.05) is 33.7 Å². The summed E-state index contributed by atoms with van der Waals surface area (Å²) >= 11 is 5.74. The van der Waals surface area contributed by atoms with Crippen molar-refractivity contribution in [3.05, 3.63) is 114 Å². The Morgan fingerprint density at radius 1 is 0.654 bits per heavy atom. The van der Waals surface area contributed by atoms with Crippen LogP contribution in [-0.4, -0.2) is 38.1 Å². The number of hydrogen-bond acceptors (Lipinski definition) is 7. The van der Waals surface area contributed by atoms with Gasteiger partial charge in [0.05, 0.1) is 16.9 Å². The SMILES string of the molecule is O=S(=O)(Nc1cc(F)c(F)cc1F)c1c[nH]c2c1ccc1ccccc12.O=S(=O)(Nc1cc2c(cc1F)OC(F)(F)O2)c1c[nH]c2nc(Cl)ccc12. The number of aromatic amines is 2. The first-order valence-electron chi connectivity index (χ1n) is 14.4. The highest BCUT2D eigenvalue weighted by molar-refractivity contribution is 7.93. The molecule has 7 aromatic rings. The lowest BCUT2D eigenvalue weighted by Gasteiger charge is -2.09. The molecular formula is C32H18ClF6N5O6S2. The van der Waals surface area contributed by atoms with Gasteiger partial charge in [-0.1, -0.05) is 48.0 Å². The molecule has 4 aromatic carbocycles. The van der Waals surface area contributed by atoms with Crippen molar-refractivity contribution in [1.29, 1.82) is 0 Å². The summed E-state index contributed by atoms with van der Waals surface area (Å²) in [6.45, 7) is 0. The summed E-state index contributed by atoms with van der Waals surface area (Å²) in [5, 5.41) is 2.52. The van der Waals surface area contributed by atoms with Crippen molar-refractivity contribution < 1.29 is 52.7 Å².